The first-order valence-corrected chi connectivity index (χ1v) is 12.5. The van der Waals surface area contributed by atoms with Crippen LogP contribution in [0.5, 0.6) is 0 Å². The lowest BCUT2D eigenvalue weighted by Crippen LogP contribution is -2.21. The molecule has 0 bridgehead atoms. The second kappa shape index (κ2) is 12.3. The molecule has 0 N–H and O–H groups in total. The first-order valence-electron chi connectivity index (χ1n) is 11.7. The number of hydrogen-bond acceptors (Lipinski definition) is 1. The summed E-state index contributed by atoms with van der Waals surface area (Å²) in [6.45, 7) is 5.18. The van der Waals surface area contributed by atoms with Crippen molar-refractivity contribution >= 4 is 15.9 Å². The number of hydrogen-bond donors (Lipinski definition) is 0. The molecule has 1 saturated carbocycles. The van der Waals surface area contributed by atoms with Crippen molar-refractivity contribution in [2.24, 2.45) is 5.92 Å². The molecule has 0 spiro atoms. The molecule has 0 atom stereocenters. The standard InChI is InChI=1S/C28H35BrO/c1-3-5-6-22-7-9-23(10-8-22)11-12-25-14-18-26(28(29)21-25)17-13-24-15-19-27(20-16-24)30-4-2/h7-10,14,18,21,24,27H,3-6,13,15-17,19-20H2,1-2H3. The smallest absolute Gasteiger partial charge is 0.0575 e. The number of aryl methyl sites for hydroxylation is 2. The summed E-state index contributed by atoms with van der Waals surface area (Å²) in [5.74, 6) is 7.47. The Bertz CT molecular complexity index is 835. The Morgan fingerprint density at radius 1 is 0.900 bits per heavy atom. The second-order valence-electron chi connectivity index (χ2n) is 8.49. The summed E-state index contributed by atoms with van der Waals surface area (Å²) in [7, 11) is 0. The van der Waals surface area contributed by atoms with E-state index in [-0.39, 0.29) is 0 Å². The average molecular weight is 467 g/mol. The quantitative estimate of drug-likeness (QED) is 0.361. The molecule has 0 aromatic heterocycles. The monoisotopic (exact) mass is 466 g/mol. The molecule has 2 heteroatoms. The van der Waals surface area contributed by atoms with Gasteiger partial charge in [0.15, 0.2) is 0 Å². The highest BCUT2D eigenvalue weighted by molar-refractivity contribution is 9.10. The van der Waals surface area contributed by atoms with E-state index in [0.717, 1.165) is 36.5 Å². The fourth-order valence-corrected chi connectivity index (χ4v) is 4.87. The van der Waals surface area contributed by atoms with Crippen LogP contribution in [-0.4, -0.2) is 12.7 Å². The normalized spacial score (nSPS) is 18.6. The first-order chi connectivity index (χ1) is 14.7. The van der Waals surface area contributed by atoms with Crippen LogP contribution in [-0.2, 0) is 17.6 Å². The fraction of sp³-hybridized carbons (Fsp3) is 0.500. The van der Waals surface area contributed by atoms with Crippen molar-refractivity contribution in [3.8, 4) is 11.8 Å². The van der Waals surface area contributed by atoms with Crippen molar-refractivity contribution in [1.82, 2.24) is 0 Å². The van der Waals surface area contributed by atoms with Crippen LogP contribution >= 0.6 is 15.9 Å². The summed E-state index contributed by atoms with van der Waals surface area (Å²) in [6.07, 6.45) is 11.6. The summed E-state index contributed by atoms with van der Waals surface area (Å²) >= 11 is 3.77. The van der Waals surface area contributed by atoms with E-state index >= 15 is 0 Å². The van der Waals surface area contributed by atoms with Gasteiger partial charge >= 0.3 is 0 Å². The van der Waals surface area contributed by atoms with Gasteiger partial charge in [0.05, 0.1) is 6.10 Å². The average Bonchev–Trinajstić information content (AvgIpc) is 2.77. The van der Waals surface area contributed by atoms with E-state index in [1.807, 2.05) is 0 Å². The molecule has 0 saturated heterocycles. The molecule has 0 unspecified atom stereocenters. The zero-order valence-electron chi connectivity index (χ0n) is 18.6. The largest absolute Gasteiger partial charge is 0.379 e. The van der Waals surface area contributed by atoms with E-state index in [1.165, 1.54) is 60.5 Å². The molecule has 160 valence electrons. The lowest BCUT2D eigenvalue weighted by molar-refractivity contribution is 0.0248. The predicted octanol–water partition coefficient (Wildman–Crippen LogP) is 7.72. The van der Waals surface area contributed by atoms with Crippen molar-refractivity contribution in [2.45, 2.75) is 77.7 Å². The molecule has 1 aliphatic carbocycles. The van der Waals surface area contributed by atoms with Gasteiger partial charge in [-0.25, -0.2) is 0 Å². The van der Waals surface area contributed by atoms with Gasteiger partial charge in [0.1, 0.15) is 0 Å². The third-order valence-corrected chi connectivity index (χ3v) is 6.93. The summed E-state index contributed by atoms with van der Waals surface area (Å²) in [5, 5.41) is 0. The Kier molecular flexibility index (Phi) is 9.50. The van der Waals surface area contributed by atoms with Crippen molar-refractivity contribution in [2.75, 3.05) is 6.61 Å². The zero-order valence-corrected chi connectivity index (χ0v) is 20.1. The molecule has 0 heterocycles. The van der Waals surface area contributed by atoms with Crippen LogP contribution in [0.4, 0.5) is 0 Å². The van der Waals surface area contributed by atoms with Crippen LogP contribution in [0.25, 0.3) is 0 Å². The number of unbranched alkanes of at least 4 members (excludes halogenated alkanes) is 1. The van der Waals surface area contributed by atoms with E-state index < -0.39 is 0 Å². The summed E-state index contributed by atoms with van der Waals surface area (Å²) in [6, 6.07) is 15.3. The first kappa shape index (κ1) is 23.1. The Balaban J connectivity index is 1.51. The Morgan fingerprint density at radius 2 is 1.60 bits per heavy atom. The summed E-state index contributed by atoms with van der Waals surface area (Å²) in [4.78, 5) is 0. The van der Waals surface area contributed by atoms with Gasteiger partial charge in [0.25, 0.3) is 0 Å². The van der Waals surface area contributed by atoms with Gasteiger partial charge < -0.3 is 4.74 Å². The highest BCUT2D eigenvalue weighted by Gasteiger charge is 2.21. The Morgan fingerprint density at radius 3 is 2.27 bits per heavy atom. The fourth-order valence-electron chi connectivity index (χ4n) is 4.29. The second-order valence-corrected chi connectivity index (χ2v) is 9.35. The van der Waals surface area contributed by atoms with Crippen LogP contribution in [0.2, 0.25) is 0 Å². The van der Waals surface area contributed by atoms with Crippen molar-refractivity contribution in [1.29, 1.82) is 0 Å². The zero-order chi connectivity index (χ0) is 21.2. The van der Waals surface area contributed by atoms with Gasteiger partial charge in [-0.1, -0.05) is 59.3 Å². The maximum atomic E-state index is 5.78. The Hall–Kier alpha value is -1.56. The molecule has 1 aliphatic rings. The van der Waals surface area contributed by atoms with Crippen LogP contribution in [0.1, 0.15) is 81.0 Å². The van der Waals surface area contributed by atoms with E-state index in [9.17, 15) is 0 Å². The minimum atomic E-state index is 0.503. The van der Waals surface area contributed by atoms with Crippen molar-refractivity contribution in [3.63, 3.8) is 0 Å². The molecule has 2 aromatic carbocycles. The maximum absolute atomic E-state index is 5.78. The van der Waals surface area contributed by atoms with Gasteiger partial charge in [-0.15, -0.1) is 0 Å². The Labute approximate surface area is 191 Å². The van der Waals surface area contributed by atoms with Crippen LogP contribution in [0.3, 0.4) is 0 Å². The maximum Gasteiger partial charge on any atom is 0.0575 e. The van der Waals surface area contributed by atoms with Crippen LogP contribution in [0, 0.1) is 17.8 Å². The number of halogens is 1. The number of ether oxygens (including phenoxy) is 1. The van der Waals surface area contributed by atoms with Crippen molar-refractivity contribution in [3.05, 3.63) is 69.2 Å². The van der Waals surface area contributed by atoms with E-state index in [0.29, 0.717) is 6.10 Å². The van der Waals surface area contributed by atoms with Gasteiger partial charge in [0.2, 0.25) is 0 Å². The van der Waals surface area contributed by atoms with E-state index in [1.54, 1.807) is 0 Å². The molecular formula is C28H35BrO. The van der Waals surface area contributed by atoms with Gasteiger partial charge in [0, 0.05) is 22.2 Å². The number of rotatable bonds is 8. The minimum Gasteiger partial charge on any atom is -0.379 e. The minimum absolute atomic E-state index is 0.503. The molecule has 0 aliphatic heterocycles. The SMILES string of the molecule is CCCCc1ccc(C#Cc2ccc(CCC3CCC(OCC)CC3)c(Br)c2)cc1. The van der Waals surface area contributed by atoms with Crippen LogP contribution < -0.4 is 0 Å². The number of benzene rings is 2. The molecule has 1 nitrogen and oxygen atoms in total. The van der Waals surface area contributed by atoms with Crippen molar-refractivity contribution < 1.29 is 4.74 Å². The van der Waals surface area contributed by atoms with E-state index in [2.05, 4.69) is 84.1 Å². The predicted molar refractivity (Wildman–Crippen MR) is 131 cm³/mol. The summed E-state index contributed by atoms with van der Waals surface area (Å²) in [5.41, 5.74) is 4.95. The molecular weight excluding hydrogens is 432 g/mol. The molecule has 3 rings (SSSR count). The summed E-state index contributed by atoms with van der Waals surface area (Å²) < 4.78 is 6.97. The highest BCUT2D eigenvalue weighted by Crippen LogP contribution is 2.30. The molecule has 30 heavy (non-hydrogen) atoms. The van der Waals surface area contributed by atoms with Gasteiger partial charge in [-0.3, -0.25) is 0 Å². The molecule has 2 aromatic rings. The molecule has 0 amide bonds. The van der Waals surface area contributed by atoms with Gasteiger partial charge in [-0.05, 0) is 99.6 Å². The highest BCUT2D eigenvalue weighted by atomic mass is 79.9. The molecule has 1 fully saturated rings. The van der Waals surface area contributed by atoms with Crippen LogP contribution in [0.15, 0.2) is 46.9 Å². The topological polar surface area (TPSA) is 9.23 Å². The molecule has 0 radical (unpaired) electrons. The third-order valence-electron chi connectivity index (χ3n) is 6.20. The lowest BCUT2D eigenvalue weighted by Gasteiger charge is -2.28. The van der Waals surface area contributed by atoms with E-state index in [4.69, 9.17) is 4.74 Å². The lowest BCUT2D eigenvalue weighted by atomic mass is 9.83. The third kappa shape index (κ3) is 7.29. The van der Waals surface area contributed by atoms with Gasteiger partial charge in [-0.2, -0.15) is 0 Å².